The molecular weight excluding hydrogens is 298 g/mol. The van der Waals surface area contributed by atoms with E-state index in [2.05, 4.69) is 31.2 Å². The molecule has 78 valence electrons. The zero-order chi connectivity index (χ0) is 10.7. The second-order valence-corrected chi connectivity index (χ2v) is 5.50. The van der Waals surface area contributed by atoms with Crippen LogP contribution in [0.4, 0.5) is 5.95 Å². The molecule has 1 N–H and O–H groups in total. The van der Waals surface area contributed by atoms with Gasteiger partial charge in [-0.05, 0) is 28.1 Å². The molecule has 0 spiro atoms. The predicted molar refractivity (Wildman–Crippen MR) is 66.4 cm³/mol. The lowest BCUT2D eigenvalue weighted by Gasteiger charge is -2.01. The quantitative estimate of drug-likeness (QED) is 0.942. The smallest absolute Gasteiger partial charge is 0.222 e. The molecule has 0 aliphatic carbocycles. The Hall–Kier alpha value is -0.650. The van der Waals surface area contributed by atoms with Crippen molar-refractivity contribution in [1.82, 2.24) is 9.97 Å². The number of thiophene rings is 1. The number of anilines is 1. The van der Waals surface area contributed by atoms with Crippen LogP contribution >= 0.6 is 38.9 Å². The van der Waals surface area contributed by atoms with E-state index in [1.54, 1.807) is 23.7 Å². The summed E-state index contributed by atoms with van der Waals surface area (Å²) in [5, 5.41) is 3.11. The molecular formula is C9H7BrClN3S. The van der Waals surface area contributed by atoms with Crippen LogP contribution in [0.1, 0.15) is 4.88 Å². The van der Waals surface area contributed by atoms with Gasteiger partial charge in [0.05, 0.1) is 15.4 Å². The van der Waals surface area contributed by atoms with Crippen molar-refractivity contribution in [2.75, 3.05) is 5.32 Å². The zero-order valence-corrected chi connectivity index (χ0v) is 10.7. The summed E-state index contributed by atoms with van der Waals surface area (Å²) >= 11 is 10.6. The second-order valence-electron chi connectivity index (χ2n) is 2.78. The third kappa shape index (κ3) is 3.15. The van der Waals surface area contributed by atoms with Crippen LogP contribution in [0.15, 0.2) is 29.0 Å². The largest absolute Gasteiger partial charge is 0.349 e. The summed E-state index contributed by atoms with van der Waals surface area (Å²) < 4.78 is 1.66. The van der Waals surface area contributed by atoms with E-state index in [0.717, 1.165) is 13.7 Å². The molecule has 0 fully saturated rings. The summed E-state index contributed by atoms with van der Waals surface area (Å²) in [5.41, 5.74) is 0. The summed E-state index contributed by atoms with van der Waals surface area (Å²) in [6, 6.07) is 3.87. The van der Waals surface area contributed by atoms with Gasteiger partial charge >= 0.3 is 0 Å². The summed E-state index contributed by atoms with van der Waals surface area (Å²) in [4.78, 5) is 9.36. The highest BCUT2D eigenvalue weighted by molar-refractivity contribution is 9.10. The van der Waals surface area contributed by atoms with E-state index >= 15 is 0 Å². The van der Waals surface area contributed by atoms with Gasteiger partial charge in [-0.2, -0.15) is 0 Å². The van der Waals surface area contributed by atoms with E-state index in [1.165, 1.54) is 0 Å². The van der Waals surface area contributed by atoms with Crippen molar-refractivity contribution in [3.8, 4) is 0 Å². The Morgan fingerprint density at radius 2 is 2.07 bits per heavy atom. The van der Waals surface area contributed by atoms with Gasteiger partial charge < -0.3 is 5.32 Å². The Bertz CT molecular complexity index is 443. The van der Waals surface area contributed by atoms with E-state index in [9.17, 15) is 0 Å². The Morgan fingerprint density at radius 1 is 1.33 bits per heavy atom. The van der Waals surface area contributed by atoms with Crippen molar-refractivity contribution in [1.29, 1.82) is 0 Å². The number of nitrogens with zero attached hydrogens (tertiary/aromatic N) is 2. The van der Waals surface area contributed by atoms with Crippen molar-refractivity contribution < 1.29 is 0 Å². The van der Waals surface area contributed by atoms with Crippen LogP contribution in [0.2, 0.25) is 4.34 Å². The highest BCUT2D eigenvalue weighted by Gasteiger charge is 1.99. The lowest BCUT2D eigenvalue weighted by atomic mass is 10.5. The molecule has 0 saturated carbocycles. The van der Waals surface area contributed by atoms with Crippen molar-refractivity contribution in [3.05, 3.63) is 38.2 Å². The van der Waals surface area contributed by atoms with Gasteiger partial charge in [-0.1, -0.05) is 11.6 Å². The summed E-state index contributed by atoms with van der Waals surface area (Å²) in [5.74, 6) is 0.614. The van der Waals surface area contributed by atoms with Crippen LogP contribution < -0.4 is 5.32 Å². The summed E-state index contributed by atoms with van der Waals surface area (Å²) in [6.45, 7) is 0.693. The van der Waals surface area contributed by atoms with Gasteiger partial charge in [-0.15, -0.1) is 11.3 Å². The summed E-state index contributed by atoms with van der Waals surface area (Å²) in [7, 11) is 0. The fourth-order valence-electron chi connectivity index (χ4n) is 1.02. The fourth-order valence-corrected chi connectivity index (χ4v) is 2.25. The minimum Gasteiger partial charge on any atom is -0.349 e. The van der Waals surface area contributed by atoms with Gasteiger partial charge in [0, 0.05) is 17.3 Å². The number of hydrogen-bond acceptors (Lipinski definition) is 4. The predicted octanol–water partition coefficient (Wildman–Crippen LogP) is 3.57. The molecule has 2 aromatic heterocycles. The Balaban J connectivity index is 1.96. The van der Waals surface area contributed by atoms with Crippen molar-refractivity contribution in [2.45, 2.75) is 6.54 Å². The van der Waals surface area contributed by atoms with Crippen molar-refractivity contribution in [2.24, 2.45) is 0 Å². The van der Waals surface area contributed by atoms with Gasteiger partial charge in [-0.3, -0.25) is 0 Å². The van der Waals surface area contributed by atoms with E-state index in [-0.39, 0.29) is 0 Å². The van der Waals surface area contributed by atoms with Crippen LogP contribution in [-0.4, -0.2) is 9.97 Å². The lowest BCUT2D eigenvalue weighted by Crippen LogP contribution is -2.01. The third-order valence-corrected chi connectivity index (χ3v) is 3.31. The normalized spacial score (nSPS) is 10.3. The minimum absolute atomic E-state index is 0.614. The summed E-state index contributed by atoms with van der Waals surface area (Å²) in [6.07, 6.45) is 3.41. The Morgan fingerprint density at radius 3 is 2.67 bits per heavy atom. The van der Waals surface area contributed by atoms with Crippen LogP contribution in [0, 0.1) is 0 Å². The molecule has 2 aromatic rings. The number of aromatic nitrogens is 2. The highest BCUT2D eigenvalue weighted by Crippen LogP contribution is 2.21. The molecule has 0 aliphatic rings. The van der Waals surface area contributed by atoms with Gasteiger partial charge in [0.15, 0.2) is 0 Å². The molecule has 0 aliphatic heterocycles. The number of hydrogen-bond donors (Lipinski definition) is 1. The first-order valence-electron chi connectivity index (χ1n) is 4.19. The zero-order valence-electron chi connectivity index (χ0n) is 7.58. The molecule has 0 amide bonds. The van der Waals surface area contributed by atoms with E-state index < -0.39 is 0 Å². The molecule has 0 radical (unpaired) electrons. The highest BCUT2D eigenvalue weighted by atomic mass is 79.9. The molecule has 0 atom stereocenters. The van der Waals surface area contributed by atoms with Gasteiger partial charge in [0.25, 0.3) is 0 Å². The first-order valence-corrected chi connectivity index (χ1v) is 6.18. The Kier molecular flexibility index (Phi) is 3.56. The minimum atomic E-state index is 0.614. The fraction of sp³-hybridized carbons (Fsp3) is 0.111. The molecule has 0 aromatic carbocycles. The Labute approximate surface area is 105 Å². The molecule has 2 heterocycles. The molecule has 0 unspecified atom stereocenters. The van der Waals surface area contributed by atoms with E-state index in [0.29, 0.717) is 12.5 Å². The maximum absolute atomic E-state index is 5.82. The number of nitrogens with one attached hydrogen (secondary N) is 1. The van der Waals surface area contributed by atoms with Crippen molar-refractivity contribution >= 4 is 44.8 Å². The topological polar surface area (TPSA) is 37.8 Å². The number of rotatable bonds is 3. The molecule has 2 rings (SSSR count). The molecule has 6 heteroatoms. The number of halogens is 2. The monoisotopic (exact) mass is 303 g/mol. The second kappa shape index (κ2) is 4.92. The molecule has 0 bridgehead atoms. The lowest BCUT2D eigenvalue weighted by molar-refractivity contribution is 1.06. The maximum atomic E-state index is 5.82. The first kappa shape index (κ1) is 10.9. The van der Waals surface area contributed by atoms with E-state index in [1.807, 2.05) is 12.1 Å². The molecule has 0 saturated heterocycles. The molecule has 15 heavy (non-hydrogen) atoms. The average Bonchev–Trinajstić information content (AvgIpc) is 2.64. The third-order valence-electron chi connectivity index (χ3n) is 1.67. The van der Waals surface area contributed by atoms with Crippen LogP contribution in [0.25, 0.3) is 0 Å². The van der Waals surface area contributed by atoms with Gasteiger partial charge in [0.2, 0.25) is 5.95 Å². The van der Waals surface area contributed by atoms with Gasteiger partial charge in [0.1, 0.15) is 0 Å². The van der Waals surface area contributed by atoms with Crippen LogP contribution in [0.3, 0.4) is 0 Å². The molecule has 3 nitrogen and oxygen atoms in total. The van der Waals surface area contributed by atoms with E-state index in [4.69, 9.17) is 11.6 Å². The van der Waals surface area contributed by atoms with Crippen molar-refractivity contribution in [3.63, 3.8) is 0 Å². The first-order chi connectivity index (χ1) is 7.24. The van der Waals surface area contributed by atoms with Crippen LogP contribution in [-0.2, 0) is 6.54 Å². The van der Waals surface area contributed by atoms with Crippen LogP contribution in [0.5, 0.6) is 0 Å². The maximum Gasteiger partial charge on any atom is 0.222 e. The average molecular weight is 305 g/mol. The standard InChI is InChI=1S/C9H7BrClN3S/c10-6-3-12-9(13-4-6)14-5-7-1-2-8(11)15-7/h1-4H,5H2,(H,12,13,14). The van der Waals surface area contributed by atoms with Gasteiger partial charge in [-0.25, -0.2) is 9.97 Å². The SMILES string of the molecule is Clc1ccc(CNc2ncc(Br)cn2)s1.